The van der Waals surface area contributed by atoms with E-state index in [0.717, 1.165) is 32.1 Å². The number of Topliss-reactive ketones (excluding diaryl/α,β-unsaturated/α-hetero) is 1. The molecule has 1 saturated carbocycles. The maximum absolute atomic E-state index is 12.2. The summed E-state index contributed by atoms with van der Waals surface area (Å²) in [6.45, 7) is 6.54. The quantitative estimate of drug-likeness (QED) is 0.650. The van der Waals surface area contributed by atoms with Crippen LogP contribution in [-0.4, -0.2) is 5.78 Å². The molecule has 82 valence electrons. The lowest BCUT2D eigenvalue weighted by Gasteiger charge is -2.27. The molecule has 1 aliphatic carbocycles. The molecule has 0 radical (unpaired) electrons. The van der Waals surface area contributed by atoms with Crippen molar-refractivity contribution >= 4 is 5.78 Å². The Balaban J connectivity index is 2.56. The molecule has 0 N–H and O–H groups in total. The number of carbonyl (C=O) groups excluding carboxylic acids is 1. The third-order valence-electron chi connectivity index (χ3n) is 4.06. The van der Waals surface area contributed by atoms with Gasteiger partial charge in [-0.3, -0.25) is 4.79 Å². The Labute approximate surface area is 88.3 Å². The van der Waals surface area contributed by atoms with Crippen LogP contribution in [0.5, 0.6) is 0 Å². The predicted octanol–water partition coefficient (Wildman–Crippen LogP) is 3.96. The number of rotatable bonds is 5. The monoisotopic (exact) mass is 196 g/mol. The molecule has 1 aliphatic rings. The molecule has 0 heterocycles. The van der Waals surface area contributed by atoms with E-state index in [9.17, 15) is 4.79 Å². The van der Waals surface area contributed by atoms with E-state index in [0.29, 0.717) is 11.7 Å². The van der Waals surface area contributed by atoms with E-state index in [1.54, 1.807) is 0 Å². The minimum atomic E-state index is 0.0867. The van der Waals surface area contributed by atoms with E-state index in [-0.39, 0.29) is 5.41 Å². The van der Waals surface area contributed by atoms with Gasteiger partial charge in [-0.2, -0.15) is 0 Å². The van der Waals surface area contributed by atoms with Gasteiger partial charge in [-0.05, 0) is 25.2 Å². The van der Waals surface area contributed by atoms with E-state index >= 15 is 0 Å². The van der Waals surface area contributed by atoms with Gasteiger partial charge >= 0.3 is 0 Å². The molecule has 1 atom stereocenters. The van der Waals surface area contributed by atoms with Gasteiger partial charge in [-0.1, -0.05) is 40.0 Å². The van der Waals surface area contributed by atoms with E-state index < -0.39 is 0 Å². The van der Waals surface area contributed by atoms with Crippen LogP contribution >= 0.6 is 0 Å². The molecule has 0 aliphatic heterocycles. The Hall–Kier alpha value is -0.330. The van der Waals surface area contributed by atoms with Crippen LogP contribution in [0.25, 0.3) is 0 Å². The van der Waals surface area contributed by atoms with Gasteiger partial charge in [-0.25, -0.2) is 0 Å². The summed E-state index contributed by atoms with van der Waals surface area (Å²) in [4.78, 5) is 12.2. The first-order valence-electron chi connectivity index (χ1n) is 6.18. The zero-order valence-electron chi connectivity index (χ0n) is 9.94. The molecular formula is C13H24O. The van der Waals surface area contributed by atoms with Gasteiger partial charge in [0.2, 0.25) is 0 Å². The highest BCUT2D eigenvalue weighted by atomic mass is 16.1. The van der Waals surface area contributed by atoms with Crippen molar-refractivity contribution in [3.05, 3.63) is 0 Å². The van der Waals surface area contributed by atoms with Gasteiger partial charge in [0.25, 0.3) is 0 Å². The summed E-state index contributed by atoms with van der Waals surface area (Å²) < 4.78 is 0. The van der Waals surface area contributed by atoms with Crippen molar-refractivity contribution < 1.29 is 4.79 Å². The Kier molecular flexibility index (Phi) is 4.15. The maximum atomic E-state index is 12.2. The molecule has 1 nitrogen and oxygen atoms in total. The molecule has 1 unspecified atom stereocenters. The van der Waals surface area contributed by atoms with Gasteiger partial charge in [0.1, 0.15) is 5.78 Å². The van der Waals surface area contributed by atoms with E-state index in [1.165, 1.54) is 12.8 Å². The lowest BCUT2D eigenvalue weighted by atomic mass is 9.76. The Morgan fingerprint density at radius 3 is 2.29 bits per heavy atom. The molecule has 1 rings (SSSR count). The number of hydrogen-bond acceptors (Lipinski definition) is 1. The highest BCUT2D eigenvalue weighted by molar-refractivity contribution is 5.85. The molecule has 0 amide bonds. The number of ketones is 1. The van der Waals surface area contributed by atoms with Crippen molar-refractivity contribution in [3.8, 4) is 0 Å². The van der Waals surface area contributed by atoms with Crippen LogP contribution in [0.1, 0.15) is 65.7 Å². The summed E-state index contributed by atoms with van der Waals surface area (Å²) in [5.41, 5.74) is 0.0867. The summed E-state index contributed by atoms with van der Waals surface area (Å²) in [6, 6.07) is 0. The highest BCUT2D eigenvalue weighted by Gasteiger charge is 2.38. The van der Waals surface area contributed by atoms with Crippen LogP contribution < -0.4 is 0 Å². The number of hydrogen-bond donors (Lipinski definition) is 0. The van der Waals surface area contributed by atoms with Crippen LogP contribution in [-0.2, 0) is 4.79 Å². The summed E-state index contributed by atoms with van der Waals surface area (Å²) in [5.74, 6) is 1.12. The Morgan fingerprint density at radius 1 is 1.29 bits per heavy atom. The van der Waals surface area contributed by atoms with Crippen LogP contribution in [0.3, 0.4) is 0 Å². The minimum absolute atomic E-state index is 0.0867. The smallest absolute Gasteiger partial charge is 0.139 e. The average Bonchev–Trinajstić information content (AvgIpc) is 2.67. The van der Waals surface area contributed by atoms with E-state index in [1.807, 2.05) is 0 Å². The van der Waals surface area contributed by atoms with Crippen molar-refractivity contribution in [2.24, 2.45) is 11.3 Å². The molecule has 0 spiro atoms. The molecular weight excluding hydrogens is 172 g/mol. The largest absolute Gasteiger partial charge is 0.299 e. The fourth-order valence-corrected chi connectivity index (χ4v) is 2.56. The first kappa shape index (κ1) is 11.7. The SMILES string of the molecule is CCC(C)CC(=O)C1(CC)CCCC1. The lowest BCUT2D eigenvalue weighted by Crippen LogP contribution is -2.28. The number of carbonyl (C=O) groups is 1. The third-order valence-corrected chi connectivity index (χ3v) is 4.06. The molecule has 1 fully saturated rings. The molecule has 0 aromatic carbocycles. The first-order chi connectivity index (χ1) is 6.64. The lowest BCUT2D eigenvalue weighted by molar-refractivity contribution is -0.129. The zero-order chi connectivity index (χ0) is 10.6. The van der Waals surface area contributed by atoms with Crippen molar-refractivity contribution in [1.82, 2.24) is 0 Å². The van der Waals surface area contributed by atoms with Gasteiger partial charge in [0.15, 0.2) is 0 Å². The van der Waals surface area contributed by atoms with Crippen LogP contribution in [0.4, 0.5) is 0 Å². The summed E-state index contributed by atoms with van der Waals surface area (Å²) in [7, 11) is 0. The second-order valence-corrected chi connectivity index (χ2v) is 4.98. The molecule has 0 aromatic heterocycles. The standard InChI is InChI=1S/C13H24O/c1-4-11(3)10-12(14)13(5-2)8-6-7-9-13/h11H,4-10H2,1-3H3. The molecule has 0 saturated heterocycles. The fourth-order valence-electron chi connectivity index (χ4n) is 2.56. The summed E-state index contributed by atoms with van der Waals surface area (Å²) in [5, 5.41) is 0. The van der Waals surface area contributed by atoms with Gasteiger partial charge in [0.05, 0.1) is 0 Å². The molecule has 1 heteroatoms. The highest BCUT2D eigenvalue weighted by Crippen LogP contribution is 2.43. The second kappa shape index (κ2) is 4.95. The molecule has 0 bridgehead atoms. The minimum Gasteiger partial charge on any atom is -0.299 e. The first-order valence-corrected chi connectivity index (χ1v) is 6.18. The third kappa shape index (κ3) is 2.37. The van der Waals surface area contributed by atoms with Gasteiger partial charge in [0, 0.05) is 11.8 Å². The van der Waals surface area contributed by atoms with Crippen molar-refractivity contribution in [3.63, 3.8) is 0 Å². The summed E-state index contributed by atoms with van der Waals surface area (Å²) in [6.07, 6.45) is 7.83. The fraction of sp³-hybridized carbons (Fsp3) is 0.923. The molecule has 0 aromatic rings. The molecule has 14 heavy (non-hydrogen) atoms. The van der Waals surface area contributed by atoms with Crippen LogP contribution in [0, 0.1) is 11.3 Å². The second-order valence-electron chi connectivity index (χ2n) is 4.98. The van der Waals surface area contributed by atoms with E-state index in [4.69, 9.17) is 0 Å². The maximum Gasteiger partial charge on any atom is 0.139 e. The van der Waals surface area contributed by atoms with E-state index in [2.05, 4.69) is 20.8 Å². The topological polar surface area (TPSA) is 17.1 Å². The normalized spacial score (nSPS) is 22.2. The van der Waals surface area contributed by atoms with Crippen LogP contribution in [0.15, 0.2) is 0 Å². The Morgan fingerprint density at radius 2 is 1.86 bits per heavy atom. The predicted molar refractivity (Wildman–Crippen MR) is 60.3 cm³/mol. The average molecular weight is 196 g/mol. The van der Waals surface area contributed by atoms with Gasteiger partial charge < -0.3 is 0 Å². The van der Waals surface area contributed by atoms with Gasteiger partial charge in [-0.15, -0.1) is 0 Å². The van der Waals surface area contributed by atoms with Crippen molar-refractivity contribution in [2.75, 3.05) is 0 Å². The van der Waals surface area contributed by atoms with Crippen molar-refractivity contribution in [1.29, 1.82) is 0 Å². The Bertz CT molecular complexity index is 189. The zero-order valence-corrected chi connectivity index (χ0v) is 9.94. The van der Waals surface area contributed by atoms with Crippen molar-refractivity contribution in [2.45, 2.75) is 65.7 Å². The summed E-state index contributed by atoms with van der Waals surface area (Å²) >= 11 is 0. The van der Waals surface area contributed by atoms with Crippen LogP contribution in [0.2, 0.25) is 0 Å².